The Morgan fingerprint density at radius 1 is 1.33 bits per heavy atom. The molecule has 0 bridgehead atoms. The van der Waals surface area contributed by atoms with E-state index in [9.17, 15) is 14.3 Å². The van der Waals surface area contributed by atoms with E-state index in [2.05, 4.69) is 5.32 Å². The fourth-order valence-electron chi connectivity index (χ4n) is 2.57. The van der Waals surface area contributed by atoms with Crippen molar-refractivity contribution in [3.05, 3.63) is 30.1 Å². The second-order valence-corrected chi connectivity index (χ2v) is 5.73. The van der Waals surface area contributed by atoms with E-state index in [1.165, 1.54) is 12.1 Å². The quantitative estimate of drug-likeness (QED) is 0.893. The third-order valence-corrected chi connectivity index (χ3v) is 3.93. The number of aliphatic hydroxyl groups excluding tert-OH is 1. The van der Waals surface area contributed by atoms with Crippen LogP contribution < -0.4 is 5.32 Å². The lowest BCUT2D eigenvalue weighted by Crippen LogP contribution is -2.54. The molecule has 0 unspecified atom stereocenters. The van der Waals surface area contributed by atoms with Crippen molar-refractivity contribution in [2.24, 2.45) is 0 Å². The highest BCUT2D eigenvalue weighted by atomic mass is 19.1. The summed E-state index contributed by atoms with van der Waals surface area (Å²) in [4.78, 5) is 15.3. The highest BCUT2D eigenvalue weighted by Gasteiger charge is 2.35. The van der Waals surface area contributed by atoms with Crippen LogP contribution in [0.15, 0.2) is 24.3 Å². The van der Waals surface area contributed by atoms with Gasteiger partial charge in [-0.3, -0.25) is 0 Å². The molecule has 1 aromatic carbocycles. The number of carbonyl (C=O) groups excluding carboxylic acids is 1. The number of nitrogens with one attached hydrogen (secondary N) is 1. The molecule has 5 nitrogen and oxygen atoms in total. The molecule has 2 amide bonds. The summed E-state index contributed by atoms with van der Waals surface area (Å²) in [5.41, 5.74) is 0.318. The van der Waals surface area contributed by atoms with Gasteiger partial charge in [0.25, 0.3) is 0 Å². The van der Waals surface area contributed by atoms with Crippen LogP contribution in [0.4, 0.5) is 14.9 Å². The Morgan fingerprint density at radius 2 is 1.90 bits per heavy atom. The number of aliphatic hydroxyl groups is 1. The average molecular weight is 295 g/mol. The molecule has 0 spiro atoms. The second kappa shape index (κ2) is 6.30. The van der Waals surface area contributed by atoms with Crippen molar-refractivity contribution in [1.82, 2.24) is 9.80 Å². The highest BCUT2D eigenvalue weighted by molar-refractivity contribution is 5.74. The first kappa shape index (κ1) is 15.6. The first-order chi connectivity index (χ1) is 9.96. The molecule has 1 fully saturated rings. The molecule has 1 aliphatic heterocycles. The van der Waals surface area contributed by atoms with Crippen LogP contribution >= 0.6 is 0 Å². The Kier molecular flexibility index (Phi) is 4.67. The normalized spacial score (nSPS) is 17.4. The molecule has 1 aromatic rings. The second-order valence-electron chi connectivity index (χ2n) is 5.73. The smallest absolute Gasteiger partial charge is 0.319 e. The lowest BCUT2D eigenvalue weighted by molar-refractivity contribution is 0.115. The molecule has 21 heavy (non-hydrogen) atoms. The third kappa shape index (κ3) is 3.64. The van der Waals surface area contributed by atoms with Crippen molar-refractivity contribution in [3.8, 4) is 0 Å². The van der Waals surface area contributed by atoms with Crippen LogP contribution in [0, 0.1) is 5.82 Å². The molecular formula is C15H22FN3O2. The van der Waals surface area contributed by atoms with Crippen LogP contribution in [0.1, 0.15) is 12.8 Å². The zero-order valence-electron chi connectivity index (χ0n) is 12.5. The molecule has 1 heterocycles. The van der Waals surface area contributed by atoms with Crippen LogP contribution in [-0.4, -0.2) is 60.3 Å². The van der Waals surface area contributed by atoms with Crippen molar-refractivity contribution >= 4 is 11.7 Å². The van der Waals surface area contributed by atoms with Crippen molar-refractivity contribution in [2.45, 2.75) is 18.4 Å². The summed E-state index contributed by atoms with van der Waals surface area (Å²) in [6.07, 6.45) is 1.31. The van der Waals surface area contributed by atoms with Crippen LogP contribution in [0.5, 0.6) is 0 Å². The molecule has 0 atom stereocenters. The van der Waals surface area contributed by atoms with Gasteiger partial charge in [0.1, 0.15) is 5.82 Å². The summed E-state index contributed by atoms with van der Waals surface area (Å²) in [5.74, 6) is -0.287. The lowest BCUT2D eigenvalue weighted by Gasteiger charge is -2.42. The zero-order valence-corrected chi connectivity index (χ0v) is 12.5. The molecule has 0 aromatic heterocycles. The molecule has 0 saturated carbocycles. The largest absolute Gasteiger partial charge is 0.394 e. The molecule has 0 radical (unpaired) electrons. The fourth-order valence-corrected chi connectivity index (χ4v) is 2.57. The monoisotopic (exact) mass is 295 g/mol. The maximum atomic E-state index is 12.9. The average Bonchev–Trinajstić information content (AvgIpc) is 2.49. The number of halogens is 1. The van der Waals surface area contributed by atoms with Crippen molar-refractivity contribution < 1.29 is 14.3 Å². The van der Waals surface area contributed by atoms with E-state index >= 15 is 0 Å². The number of benzene rings is 1. The highest BCUT2D eigenvalue weighted by Crippen LogP contribution is 2.27. The minimum Gasteiger partial charge on any atom is -0.394 e. The molecule has 2 N–H and O–H groups in total. The number of amides is 2. The predicted octanol–water partition coefficient (Wildman–Crippen LogP) is 1.75. The van der Waals surface area contributed by atoms with Crippen molar-refractivity contribution in [1.29, 1.82) is 0 Å². The van der Waals surface area contributed by atoms with E-state index in [1.807, 2.05) is 0 Å². The first-order valence-electron chi connectivity index (χ1n) is 7.07. The van der Waals surface area contributed by atoms with E-state index in [-0.39, 0.29) is 18.5 Å². The number of likely N-dealkylation sites (tertiary alicyclic amines) is 1. The van der Waals surface area contributed by atoms with Gasteiger partial charge in [0.15, 0.2) is 0 Å². The van der Waals surface area contributed by atoms with Crippen LogP contribution in [0.25, 0.3) is 0 Å². The van der Waals surface area contributed by atoms with Gasteiger partial charge in [-0.15, -0.1) is 0 Å². The Bertz CT molecular complexity index is 482. The van der Waals surface area contributed by atoms with E-state index in [0.717, 1.165) is 5.69 Å². The number of anilines is 1. The van der Waals surface area contributed by atoms with Gasteiger partial charge in [-0.25, -0.2) is 9.18 Å². The Labute approximate surface area is 124 Å². The van der Waals surface area contributed by atoms with Gasteiger partial charge >= 0.3 is 6.03 Å². The SMILES string of the molecule is CN(C)C(=O)N1CCC(CO)(Nc2ccc(F)cc2)CC1. The maximum absolute atomic E-state index is 12.9. The number of hydrogen-bond donors (Lipinski definition) is 2. The van der Waals surface area contributed by atoms with E-state index in [4.69, 9.17) is 0 Å². The molecule has 1 saturated heterocycles. The summed E-state index contributed by atoms with van der Waals surface area (Å²) in [6.45, 7) is 1.16. The lowest BCUT2D eigenvalue weighted by atomic mass is 9.88. The summed E-state index contributed by atoms with van der Waals surface area (Å²) >= 11 is 0. The third-order valence-electron chi connectivity index (χ3n) is 3.93. The van der Waals surface area contributed by atoms with Crippen LogP contribution in [0.2, 0.25) is 0 Å². The minimum absolute atomic E-state index is 0.0108. The number of piperidine rings is 1. The number of nitrogens with zero attached hydrogens (tertiary/aromatic N) is 2. The molecule has 1 aliphatic rings. The topological polar surface area (TPSA) is 55.8 Å². The summed E-state index contributed by atoms with van der Waals surface area (Å²) in [7, 11) is 3.46. The van der Waals surface area contributed by atoms with Gasteiger partial charge in [-0.2, -0.15) is 0 Å². The van der Waals surface area contributed by atoms with Gasteiger partial charge < -0.3 is 20.2 Å². The fraction of sp³-hybridized carbons (Fsp3) is 0.533. The van der Waals surface area contributed by atoms with E-state index in [1.54, 1.807) is 36.0 Å². The van der Waals surface area contributed by atoms with Gasteiger partial charge in [0.05, 0.1) is 12.1 Å². The van der Waals surface area contributed by atoms with Gasteiger partial charge in [0.2, 0.25) is 0 Å². The van der Waals surface area contributed by atoms with Gasteiger partial charge in [-0.05, 0) is 37.1 Å². The number of urea groups is 1. The maximum Gasteiger partial charge on any atom is 0.319 e. The molecular weight excluding hydrogens is 273 g/mol. The zero-order chi connectivity index (χ0) is 15.5. The van der Waals surface area contributed by atoms with Crippen molar-refractivity contribution in [2.75, 3.05) is 39.1 Å². The number of hydrogen-bond acceptors (Lipinski definition) is 3. The van der Waals surface area contributed by atoms with Crippen molar-refractivity contribution in [3.63, 3.8) is 0 Å². The number of carbonyl (C=O) groups is 1. The molecule has 116 valence electrons. The molecule has 2 rings (SSSR count). The summed E-state index contributed by atoms with van der Waals surface area (Å²) in [5, 5.41) is 13.0. The van der Waals surface area contributed by atoms with Crippen LogP contribution in [-0.2, 0) is 0 Å². The van der Waals surface area contributed by atoms with E-state index < -0.39 is 5.54 Å². The Morgan fingerprint density at radius 3 is 2.38 bits per heavy atom. The summed E-state index contributed by atoms with van der Waals surface area (Å²) < 4.78 is 12.9. The molecule has 0 aliphatic carbocycles. The number of rotatable bonds is 3. The standard InChI is InChI=1S/C15H22FN3O2/c1-18(2)14(21)19-9-7-15(11-20,8-10-19)17-13-5-3-12(16)4-6-13/h3-6,17,20H,7-11H2,1-2H3. The minimum atomic E-state index is -0.457. The molecule has 6 heteroatoms. The van der Waals surface area contributed by atoms with Crippen LogP contribution in [0.3, 0.4) is 0 Å². The van der Waals surface area contributed by atoms with E-state index in [0.29, 0.717) is 25.9 Å². The van der Waals surface area contributed by atoms with Gasteiger partial charge in [0, 0.05) is 32.9 Å². The predicted molar refractivity (Wildman–Crippen MR) is 79.7 cm³/mol. The Hall–Kier alpha value is -1.82. The summed E-state index contributed by atoms with van der Waals surface area (Å²) in [6, 6.07) is 6.08. The first-order valence-corrected chi connectivity index (χ1v) is 7.07. The Balaban J connectivity index is 2.01. The van der Waals surface area contributed by atoms with Gasteiger partial charge in [-0.1, -0.05) is 0 Å².